The van der Waals surface area contributed by atoms with Crippen LogP contribution in [0, 0.1) is 11.6 Å². The van der Waals surface area contributed by atoms with Crippen molar-refractivity contribution in [2.75, 3.05) is 6.61 Å². The SMILES string of the molecule is CC(C)OCCn1cnc2cc(F)c(F)cc21. The molecule has 1 heterocycles. The molecule has 0 bridgehead atoms. The minimum atomic E-state index is -0.874. The number of rotatable bonds is 4. The summed E-state index contributed by atoms with van der Waals surface area (Å²) >= 11 is 0. The second-order valence-corrected chi connectivity index (χ2v) is 4.11. The molecular formula is C12H14F2N2O. The van der Waals surface area contributed by atoms with Crippen molar-refractivity contribution in [1.29, 1.82) is 0 Å². The summed E-state index contributed by atoms with van der Waals surface area (Å²) < 4.78 is 33.2. The minimum Gasteiger partial charge on any atom is -0.377 e. The van der Waals surface area contributed by atoms with E-state index in [1.807, 2.05) is 13.8 Å². The Labute approximate surface area is 98.0 Å². The Balaban J connectivity index is 2.21. The summed E-state index contributed by atoms with van der Waals surface area (Å²) in [7, 11) is 0. The molecule has 0 aliphatic heterocycles. The van der Waals surface area contributed by atoms with Gasteiger partial charge in [0.2, 0.25) is 0 Å². The van der Waals surface area contributed by atoms with Crippen molar-refractivity contribution in [3.05, 3.63) is 30.1 Å². The van der Waals surface area contributed by atoms with E-state index in [1.165, 1.54) is 0 Å². The third kappa shape index (κ3) is 2.61. The van der Waals surface area contributed by atoms with Crippen LogP contribution in [0.2, 0.25) is 0 Å². The molecule has 0 aliphatic rings. The van der Waals surface area contributed by atoms with Crippen LogP contribution in [0.4, 0.5) is 8.78 Å². The molecule has 17 heavy (non-hydrogen) atoms. The van der Waals surface area contributed by atoms with Gasteiger partial charge in [-0.1, -0.05) is 0 Å². The average molecular weight is 240 g/mol. The normalized spacial score (nSPS) is 11.6. The van der Waals surface area contributed by atoms with Gasteiger partial charge < -0.3 is 9.30 Å². The van der Waals surface area contributed by atoms with Gasteiger partial charge in [-0.25, -0.2) is 13.8 Å². The first-order valence-electron chi connectivity index (χ1n) is 5.49. The van der Waals surface area contributed by atoms with Crippen molar-refractivity contribution in [2.45, 2.75) is 26.5 Å². The highest BCUT2D eigenvalue weighted by Crippen LogP contribution is 2.17. The molecule has 0 unspecified atom stereocenters. The molecule has 0 atom stereocenters. The van der Waals surface area contributed by atoms with Gasteiger partial charge in [0.15, 0.2) is 11.6 Å². The predicted molar refractivity (Wildman–Crippen MR) is 60.7 cm³/mol. The quantitative estimate of drug-likeness (QED) is 0.821. The number of hydrogen-bond acceptors (Lipinski definition) is 2. The van der Waals surface area contributed by atoms with E-state index < -0.39 is 11.6 Å². The second-order valence-electron chi connectivity index (χ2n) is 4.11. The van der Waals surface area contributed by atoms with Gasteiger partial charge in [-0.3, -0.25) is 0 Å². The van der Waals surface area contributed by atoms with E-state index in [0.29, 0.717) is 24.2 Å². The first kappa shape index (κ1) is 12.0. The summed E-state index contributed by atoms with van der Waals surface area (Å²) in [5.74, 6) is -1.73. The van der Waals surface area contributed by atoms with Crippen LogP contribution in [-0.2, 0) is 11.3 Å². The van der Waals surface area contributed by atoms with Crippen molar-refractivity contribution < 1.29 is 13.5 Å². The average Bonchev–Trinajstić information content (AvgIpc) is 2.62. The molecule has 2 rings (SSSR count). The van der Waals surface area contributed by atoms with Crippen LogP contribution in [0.3, 0.4) is 0 Å². The Hall–Kier alpha value is -1.49. The number of imidazole rings is 1. The van der Waals surface area contributed by atoms with Crippen molar-refractivity contribution in [3.63, 3.8) is 0 Å². The van der Waals surface area contributed by atoms with Gasteiger partial charge in [-0.2, -0.15) is 0 Å². The molecule has 0 saturated carbocycles. The van der Waals surface area contributed by atoms with Crippen LogP contribution < -0.4 is 0 Å². The number of benzene rings is 1. The van der Waals surface area contributed by atoms with E-state index in [2.05, 4.69) is 4.98 Å². The standard InChI is InChI=1S/C12H14F2N2O/c1-8(2)17-4-3-16-7-15-11-5-9(13)10(14)6-12(11)16/h5-8H,3-4H2,1-2H3. The lowest BCUT2D eigenvalue weighted by Crippen LogP contribution is -2.09. The van der Waals surface area contributed by atoms with Crippen molar-refractivity contribution in [1.82, 2.24) is 9.55 Å². The second kappa shape index (κ2) is 4.79. The van der Waals surface area contributed by atoms with Crippen LogP contribution in [0.5, 0.6) is 0 Å². The highest BCUT2D eigenvalue weighted by molar-refractivity contribution is 5.75. The Morgan fingerprint density at radius 3 is 2.71 bits per heavy atom. The van der Waals surface area contributed by atoms with E-state index in [9.17, 15) is 8.78 Å². The van der Waals surface area contributed by atoms with Crippen molar-refractivity contribution >= 4 is 11.0 Å². The molecule has 0 spiro atoms. The fraction of sp³-hybridized carbons (Fsp3) is 0.417. The Morgan fingerprint density at radius 2 is 2.00 bits per heavy atom. The molecule has 2 aromatic rings. The summed E-state index contributed by atoms with van der Waals surface area (Å²) in [5.41, 5.74) is 1.03. The highest BCUT2D eigenvalue weighted by atomic mass is 19.2. The molecule has 92 valence electrons. The summed E-state index contributed by atoms with van der Waals surface area (Å²) in [6, 6.07) is 2.26. The summed E-state index contributed by atoms with van der Waals surface area (Å²) in [5, 5.41) is 0. The number of halogens is 2. The van der Waals surface area contributed by atoms with Crippen LogP contribution in [0.15, 0.2) is 18.5 Å². The molecule has 0 radical (unpaired) electrons. The molecular weight excluding hydrogens is 226 g/mol. The predicted octanol–water partition coefficient (Wildman–Crippen LogP) is 2.74. The van der Waals surface area contributed by atoms with Gasteiger partial charge in [0.1, 0.15) is 0 Å². The lowest BCUT2D eigenvalue weighted by atomic mass is 10.3. The zero-order valence-electron chi connectivity index (χ0n) is 9.78. The molecule has 0 fully saturated rings. The molecule has 0 N–H and O–H groups in total. The van der Waals surface area contributed by atoms with E-state index in [4.69, 9.17) is 4.74 Å². The molecule has 1 aromatic carbocycles. The summed E-state index contributed by atoms with van der Waals surface area (Å²) in [4.78, 5) is 4.02. The molecule has 5 heteroatoms. The smallest absolute Gasteiger partial charge is 0.161 e. The topological polar surface area (TPSA) is 27.1 Å². The summed E-state index contributed by atoms with van der Waals surface area (Å²) in [6.45, 7) is 4.98. The van der Waals surface area contributed by atoms with Crippen LogP contribution in [0.25, 0.3) is 11.0 Å². The number of fused-ring (bicyclic) bond motifs is 1. The van der Waals surface area contributed by atoms with E-state index in [-0.39, 0.29) is 6.10 Å². The van der Waals surface area contributed by atoms with Crippen molar-refractivity contribution in [3.8, 4) is 0 Å². The third-order valence-corrected chi connectivity index (χ3v) is 2.45. The fourth-order valence-corrected chi connectivity index (χ4v) is 1.62. The number of aromatic nitrogens is 2. The molecule has 3 nitrogen and oxygen atoms in total. The summed E-state index contributed by atoms with van der Waals surface area (Å²) in [6.07, 6.45) is 1.71. The molecule has 0 aliphatic carbocycles. The minimum absolute atomic E-state index is 0.152. The lowest BCUT2D eigenvalue weighted by Gasteiger charge is -2.08. The van der Waals surface area contributed by atoms with E-state index in [1.54, 1.807) is 10.9 Å². The van der Waals surface area contributed by atoms with Gasteiger partial charge in [0.25, 0.3) is 0 Å². The fourth-order valence-electron chi connectivity index (χ4n) is 1.62. The van der Waals surface area contributed by atoms with E-state index >= 15 is 0 Å². The van der Waals surface area contributed by atoms with Gasteiger partial charge in [0.05, 0.1) is 30.1 Å². The Bertz CT molecular complexity index is 522. The number of hydrogen-bond donors (Lipinski definition) is 0. The zero-order chi connectivity index (χ0) is 12.4. The maximum Gasteiger partial charge on any atom is 0.161 e. The van der Waals surface area contributed by atoms with Gasteiger partial charge in [-0.05, 0) is 13.8 Å². The maximum absolute atomic E-state index is 13.1. The lowest BCUT2D eigenvalue weighted by molar-refractivity contribution is 0.0733. The molecule has 1 aromatic heterocycles. The van der Waals surface area contributed by atoms with Crippen LogP contribution in [-0.4, -0.2) is 22.3 Å². The number of nitrogens with zero attached hydrogens (tertiary/aromatic N) is 2. The first-order valence-corrected chi connectivity index (χ1v) is 5.49. The Kier molecular flexibility index (Phi) is 3.38. The van der Waals surface area contributed by atoms with Crippen molar-refractivity contribution in [2.24, 2.45) is 0 Å². The monoisotopic (exact) mass is 240 g/mol. The molecule has 0 saturated heterocycles. The van der Waals surface area contributed by atoms with Gasteiger partial charge >= 0.3 is 0 Å². The van der Waals surface area contributed by atoms with E-state index in [0.717, 1.165) is 12.1 Å². The first-order chi connectivity index (χ1) is 8.08. The maximum atomic E-state index is 13.1. The highest BCUT2D eigenvalue weighted by Gasteiger charge is 2.08. The number of ether oxygens (including phenoxy) is 1. The van der Waals surface area contributed by atoms with Crippen LogP contribution >= 0.6 is 0 Å². The van der Waals surface area contributed by atoms with Crippen LogP contribution in [0.1, 0.15) is 13.8 Å². The van der Waals surface area contributed by atoms with Gasteiger partial charge in [0, 0.05) is 18.7 Å². The van der Waals surface area contributed by atoms with Gasteiger partial charge in [-0.15, -0.1) is 0 Å². The Morgan fingerprint density at radius 1 is 1.29 bits per heavy atom. The third-order valence-electron chi connectivity index (χ3n) is 2.45. The zero-order valence-corrected chi connectivity index (χ0v) is 9.78. The largest absolute Gasteiger partial charge is 0.377 e. The molecule has 0 amide bonds.